The highest BCUT2D eigenvalue weighted by molar-refractivity contribution is 8.03. The summed E-state index contributed by atoms with van der Waals surface area (Å²) in [4.78, 5) is 0.120. The van der Waals surface area contributed by atoms with Crippen molar-refractivity contribution in [3.8, 4) is 5.75 Å². The van der Waals surface area contributed by atoms with E-state index in [1.807, 2.05) is 6.92 Å². The Labute approximate surface area is 137 Å². The molecule has 0 aliphatic heterocycles. The van der Waals surface area contributed by atoms with E-state index in [2.05, 4.69) is 0 Å². The summed E-state index contributed by atoms with van der Waals surface area (Å²) >= 11 is 1.16. The van der Waals surface area contributed by atoms with Crippen LogP contribution in [0.5, 0.6) is 5.75 Å². The van der Waals surface area contributed by atoms with Crippen LogP contribution in [-0.2, 0) is 5.67 Å². The molecule has 0 radical (unpaired) electrons. The standard InChI is InChI=1S/C17H18F4OS/c1-3-10-23-13-6-5-9-17(21,16(13)20)11-7-8-12(22-4-2)15(19)14(11)18/h5-8H,3-4,9-10H2,1-2H3. The van der Waals surface area contributed by atoms with Gasteiger partial charge in [0.1, 0.15) is 0 Å². The third kappa shape index (κ3) is 3.42. The van der Waals surface area contributed by atoms with Gasteiger partial charge in [-0.25, -0.2) is 13.2 Å². The fraction of sp³-hybridized carbons (Fsp3) is 0.412. The molecular formula is C17H18F4OS. The van der Waals surface area contributed by atoms with Crippen LogP contribution in [0.25, 0.3) is 0 Å². The van der Waals surface area contributed by atoms with Crippen molar-refractivity contribution < 1.29 is 22.3 Å². The highest BCUT2D eigenvalue weighted by Crippen LogP contribution is 2.47. The summed E-state index contributed by atoms with van der Waals surface area (Å²) in [6.45, 7) is 3.68. The zero-order chi connectivity index (χ0) is 17.0. The monoisotopic (exact) mass is 346 g/mol. The quantitative estimate of drug-likeness (QED) is 0.601. The predicted octanol–water partition coefficient (Wildman–Crippen LogP) is 5.81. The number of thioether (sulfide) groups is 1. The maximum atomic E-state index is 15.2. The Balaban J connectivity index is 2.46. The first-order valence-corrected chi connectivity index (χ1v) is 8.44. The van der Waals surface area contributed by atoms with E-state index in [1.54, 1.807) is 6.92 Å². The molecule has 0 aromatic heterocycles. The average molecular weight is 346 g/mol. The summed E-state index contributed by atoms with van der Waals surface area (Å²) in [5, 5.41) is 0. The molecule has 1 unspecified atom stereocenters. The van der Waals surface area contributed by atoms with Gasteiger partial charge in [0, 0.05) is 16.9 Å². The van der Waals surface area contributed by atoms with Crippen molar-refractivity contribution in [1.82, 2.24) is 0 Å². The third-order valence-electron chi connectivity index (χ3n) is 3.47. The summed E-state index contributed by atoms with van der Waals surface area (Å²) < 4.78 is 62.9. The van der Waals surface area contributed by atoms with Gasteiger partial charge in [-0.1, -0.05) is 13.0 Å². The molecule has 0 bridgehead atoms. The second-order valence-corrected chi connectivity index (χ2v) is 6.24. The summed E-state index contributed by atoms with van der Waals surface area (Å²) in [7, 11) is 0. The van der Waals surface area contributed by atoms with Crippen molar-refractivity contribution in [2.75, 3.05) is 12.4 Å². The van der Waals surface area contributed by atoms with Crippen molar-refractivity contribution in [3.05, 3.63) is 52.2 Å². The number of alkyl halides is 1. The van der Waals surface area contributed by atoms with E-state index in [0.717, 1.165) is 30.3 Å². The molecule has 1 aromatic rings. The van der Waals surface area contributed by atoms with Gasteiger partial charge in [-0.05, 0) is 37.3 Å². The number of ether oxygens (including phenoxy) is 1. The van der Waals surface area contributed by atoms with E-state index >= 15 is 4.39 Å². The molecule has 1 atom stereocenters. The second kappa shape index (κ2) is 7.43. The lowest BCUT2D eigenvalue weighted by atomic mass is 9.87. The predicted molar refractivity (Wildman–Crippen MR) is 85.0 cm³/mol. The van der Waals surface area contributed by atoms with Crippen LogP contribution in [-0.4, -0.2) is 12.4 Å². The first-order chi connectivity index (χ1) is 11.0. The molecule has 0 saturated carbocycles. The topological polar surface area (TPSA) is 9.23 Å². The Kier molecular flexibility index (Phi) is 5.79. The maximum Gasteiger partial charge on any atom is 0.201 e. The van der Waals surface area contributed by atoms with Gasteiger partial charge in [-0.3, -0.25) is 0 Å². The molecule has 0 saturated heterocycles. The molecule has 0 spiro atoms. The van der Waals surface area contributed by atoms with Crippen LogP contribution in [0.2, 0.25) is 0 Å². The van der Waals surface area contributed by atoms with E-state index in [-0.39, 0.29) is 23.7 Å². The third-order valence-corrected chi connectivity index (χ3v) is 4.71. The molecule has 0 heterocycles. The van der Waals surface area contributed by atoms with Crippen molar-refractivity contribution in [3.63, 3.8) is 0 Å². The molecule has 6 heteroatoms. The number of benzene rings is 1. The maximum absolute atomic E-state index is 15.2. The molecule has 23 heavy (non-hydrogen) atoms. The first kappa shape index (κ1) is 17.9. The first-order valence-electron chi connectivity index (χ1n) is 7.45. The molecule has 0 N–H and O–H groups in total. The number of hydrogen-bond donors (Lipinski definition) is 0. The van der Waals surface area contributed by atoms with Crippen LogP contribution in [0.15, 0.2) is 35.0 Å². The minimum atomic E-state index is -2.69. The van der Waals surface area contributed by atoms with Crippen LogP contribution in [0, 0.1) is 11.6 Å². The lowest BCUT2D eigenvalue weighted by molar-refractivity contribution is 0.167. The lowest BCUT2D eigenvalue weighted by Gasteiger charge is -2.28. The highest BCUT2D eigenvalue weighted by atomic mass is 32.2. The number of rotatable bonds is 6. The fourth-order valence-corrected chi connectivity index (χ4v) is 3.25. The number of allylic oxidation sites excluding steroid dienone is 3. The Bertz CT molecular complexity index is 642. The molecular weight excluding hydrogens is 328 g/mol. The molecule has 1 nitrogen and oxygen atoms in total. The summed E-state index contributed by atoms with van der Waals surface area (Å²) in [6.07, 6.45) is 3.34. The van der Waals surface area contributed by atoms with E-state index < -0.39 is 28.7 Å². The van der Waals surface area contributed by atoms with E-state index in [1.165, 1.54) is 12.2 Å². The van der Waals surface area contributed by atoms with E-state index in [4.69, 9.17) is 4.74 Å². The van der Waals surface area contributed by atoms with Gasteiger partial charge in [-0.15, -0.1) is 11.8 Å². The van der Waals surface area contributed by atoms with Gasteiger partial charge in [-0.2, -0.15) is 4.39 Å². The zero-order valence-electron chi connectivity index (χ0n) is 13.0. The SMILES string of the molecule is CCCSC1=C(F)C(F)(c2ccc(OCC)c(F)c2F)CC=C1. The van der Waals surface area contributed by atoms with Gasteiger partial charge in [0.25, 0.3) is 0 Å². The molecule has 2 rings (SSSR count). The van der Waals surface area contributed by atoms with E-state index in [9.17, 15) is 13.2 Å². The Morgan fingerprint density at radius 3 is 2.57 bits per heavy atom. The second-order valence-electron chi connectivity index (χ2n) is 5.11. The molecule has 126 valence electrons. The minimum absolute atomic E-state index is 0.120. The summed E-state index contributed by atoms with van der Waals surface area (Å²) in [5.74, 6) is -3.48. The molecule has 1 aromatic carbocycles. The fourth-order valence-electron chi connectivity index (χ4n) is 2.34. The van der Waals surface area contributed by atoms with Gasteiger partial charge < -0.3 is 4.74 Å². The molecule has 1 aliphatic rings. The van der Waals surface area contributed by atoms with Crippen LogP contribution < -0.4 is 4.74 Å². The van der Waals surface area contributed by atoms with Gasteiger partial charge >= 0.3 is 0 Å². The van der Waals surface area contributed by atoms with Crippen molar-refractivity contribution >= 4 is 11.8 Å². The molecule has 0 fully saturated rings. The average Bonchev–Trinajstić information content (AvgIpc) is 2.53. The van der Waals surface area contributed by atoms with Crippen molar-refractivity contribution in [1.29, 1.82) is 0 Å². The molecule has 0 amide bonds. The van der Waals surface area contributed by atoms with E-state index in [0.29, 0.717) is 5.75 Å². The van der Waals surface area contributed by atoms with Crippen LogP contribution >= 0.6 is 11.8 Å². The van der Waals surface area contributed by atoms with Crippen LogP contribution in [0.4, 0.5) is 17.6 Å². The Hall–Kier alpha value is -1.43. The normalized spacial score (nSPS) is 21.0. The highest BCUT2D eigenvalue weighted by Gasteiger charge is 2.43. The Morgan fingerprint density at radius 2 is 1.91 bits per heavy atom. The summed E-state index contributed by atoms with van der Waals surface area (Å²) in [6, 6.07) is 2.17. The zero-order valence-corrected chi connectivity index (χ0v) is 13.8. The Morgan fingerprint density at radius 1 is 1.17 bits per heavy atom. The minimum Gasteiger partial charge on any atom is -0.491 e. The van der Waals surface area contributed by atoms with Crippen molar-refractivity contribution in [2.24, 2.45) is 0 Å². The molecule has 1 aliphatic carbocycles. The van der Waals surface area contributed by atoms with Crippen LogP contribution in [0.3, 0.4) is 0 Å². The number of halogens is 4. The van der Waals surface area contributed by atoms with Crippen LogP contribution in [0.1, 0.15) is 32.3 Å². The van der Waals surface area contributed by atoms with Gasteiger partial charge in [0.2, 0.25) is 5.82 Å². The summed E-state index contributed by atoms with van der Waals surface area (Å²) in [5.41, 5.74) is -3.34. The van der Waals surface area contributed by atoms with Gasteiger partial charge in [0.15, 0.2) is 23.1 Å². The van der Waals surface area contributed by atoms with Gasteiger partial charge in [0.05, 0.1) is 6.61 Å². The lowest BCUT2D eigenvalue weighted by Crippen LogP contribution is -2.25. The van der Waals surface area contributed by atoms with Crippen molar-refractivity contribution in [2.45, 2.75) is 32.4 Å². The smallest absolute Gasteiger partial charge is 0.201 e. The number of hydrogen-bond acceptors (Lipinski definition) is 2. The largest absolute Gasteiger partial charge is 0.491 e.